The first-order valence-electron chi connectivity index (χ1n) is 6.39. The summed E-state index contributed by atoms with van der Waals surface area (Å²) in [7, 11) is 0. The zero-order chi connectivity index (χ0) is 13.1. The Kier molecular flexibility index (Phi) is 9.77. The van der Waals surface area contributed by atoms with Crippen LogP contribution in [0.2, 0.25) is 0 Å². The van der Waals surface area contributed by atoms with E-state index in [-0.39, 0.29) is 5.97 Å². The fourth-order valence-electron chi connectivity index (χ4n) is 1.63. The number of hydrogen-bond donors (Lipinski definition) is 0. The van der Waals surface area contributed by atoms with Crippen LogP contribution in [0.3, 0.4) is 0 Å². The van der Waals surface area contributed by atoms with Gasteiger partial charge >= 0.3 is 5.97 Å². The normalized spacial score (nSPS) is 10.9. The van der Waals surface area contributed by atoms with Crippen molar-refractivity contribution >= 4 is 5.97 Å². The van der Waals surface area contributed by atoms with E-state index in [2.05, 4.69) is 30.2 Å². The van der Waals surface area contributed by atoms with Crippen molar-refractivity contribution in [1.82, 2.24) is 9.80 Å². The van der Waals surface area contributed by atoms with Gasteiger partial charge < -0.3 is 9.64 Å². The van der Waals surface area contributed by atoms with E-state index >= 15 is 0 Å². The fraction of sp³-hybridized carbons (Fsp3) is 0.769. The highest BCUT2D eigenvalue weighted by Crippen LogP contribution is 1.94. The number of esters is 1. The smallest absolute Gasteiger partial charge is 0.320 e. The molecule has 0 aromatic carbocycles. The largest absolute Gasteiger partial charge is 0.465 e. The summed E-state index contributed by atoms with van der Waals surface area (Å²) in [5.74, 6) is -0.158. The Hall–Kier alpha value is -0.870. The van der Waals surface area contributed by atoms with Crippen molar-refractivity contribution < 1.29 is 9.53 Å². The Bertz CT molecular complexity index is 215. The molecule has 0 heterocycles. The zero-order valence-corrected chi connectivity index (χ0v) is 11.4. The number of likely N-dealkylation sites (N-methyl/N-ethyl adjacent to an activating group) is 1. The molecular formula is C13H26N2O2. The molecule has 0 rings (SSSR count). The van der Waals surface area contributed by atoms with Crippen LogP contribution in [-0.2, 0) is 9.53 Å². The Labute approximate surface area is 105 Å². The lowest BCUT2D eigenvalue weighted by atomic mass is 10.4. The van der Waals surface area contributed by atoms with Crippen LogP contribution in [0.4, 0.5) is 0 Å². The molecule has 17 heavy (non-hydrogen) atoms. The Balaban J connectivity index is 4.04. The summed E-state index contributed by atoms with van der Waals surface area (Å²) in [6, 6.07) is 0. The first-order valence-corrected chi connectivity index (χ1v) is 6.39. The van der Waals surface area contributed by atoms with Crippen LogP contribution in [0.1, 0.15) is 20.8 Å². The maximum Gasteiger partial charge on any atom is 0.320 e. The molecule has 0 aromatic rings. The average Bonchev–Trinajstić information content (AvgIpc) is 2.30. The van der Waals surface area contributed by atoms with Crippen molar-refractivity contribution in [2.75, 3.05) is 45.9 Å². The van der Waals surface area contributed by atoms with Crippen molar-refractivity contribution in [3.63, 3.8) is 0 Å². The number of ether oxygens (including phenoxy) is 1. The molecule has 0 aliphatic heterocycles. The summed E-state index contributed by atoms with van der Waals surface area (Å²) in [5, 5.41) is 0. The van der Waals surface area contributed by atoms with Crippen molar-refractivity contribution in [2.45, 2.75) is 20.8 Å². The highest BCUT2D eigenvalue weighted by atomic mass is 16.5. The standard InChI is InChI=1S/C13H26N2O2/c1-5-9-15(12-13(16)17-8-4)11-10-14(6-2)7-3/h5H,1,6-12H2,2-4H3. The molecule has 0 saturated heterocycles. The third-order valence-electron chi connectivity index (χ3n) is 2.67. The third-order valence-corrected chi connectivity index (χ3v) is 2.67. The molecular weight excluding hydrogens is 216 g/mol. The molecule has 0 unspecified atom stereocenters. The van der Waals surface area contributed by atoms with Gasteiger partial charge in [0.1, 0.15) is 0 Å². The van der Waals surface area contributed by atoms with Gasteiger partial charge in [-0.15, -0.1) is 6.58 Å². The minimum absolute atomic E-state index is 0.158. The van der Waals surface area contributed by atoms with Gasteiger partial charge in [0.2, 0.25) is 0 Å². The predicted octanol–water partition coefficient (Wildman–Crippen LogP) is 1.38. The quantitative estimate of drug-likeness (QED) is 0.428. The molecule has 0 aliphatic carbocycles. The maximum atomic E-state index is 11.4. The molecule has 0 saturated carbocycles. The van der Waals surface area contributed by atoms with Crippen LogP contribution in [0.15, 0.2) is 12.7 Å². The molecule has 0 aromatic heterocycles. The molecule has 0 spiro atoms. The minimum atomic E-state index is -0.158. The fourth-order valence-corrected chi connectivity index (χ4v) is 1.63. The molecule has 4 nitrogen and oxygen atoms in total. The van der Waals surface area contributed by atoms with Crippen LogP contribution < -0.4 is 0 Å². The first-order chi connectivity index (χ1) is 8.17. The summed E-state index contributed by atoms with van der Waals surface area (Å²) in [4.78, 5) is 15.8. The van der Waals surface area contributed by atoms with E-state index in [4.69, 9.17) is 4.74 Å². The van der Waals surface area contributed by atoms with Gasteiger partial charge in [0.25, 0.3) is 0 Å². The highest BCUT2D eigenvalue weighted by molar-refractivity contribution is 5.71. The van der Waals surface area contributed by atoms with Gasteiger partial charge in [-0.3, -0.25) is 9.69 Å². The van der Waals surface area contributed by atoms with Crippen LogP contribution in [0.25, 0.3) is 0 Å². The topological polar surface area (TPSA) is 32.8 Å². The van der Waals surface area contributed by atoms with Gasteiger partial charge in [-0.05, 0) is 20.0 Å². The summed E-state index contributed by atoms with van der Waals surface area (Å²) in [5.41, 5.74) is 0. The molecule has 0 radical (unpaired) electrons. The number of hydrogen-bond acceptors (Lipinski definition) is 4. The summed E-state index contributed by atoms with van der Waals surface area (Å²) >= 11 is 0. The van der Waals surface area contributed by atoms with Crippen molar-refractivity contribution in [3.8, 4) is 0 Å². The average molecular weight is 242 g/mol. The van der Waals surface area contributed by atoms with Crippen LogP contribution in [-0.4, -0.2) is 61.6 Å². The monoisotopic (exact) mass is 242 g/mol. The zero-order valence-electron chi connectivity index (χ0n) is 11.4. The van der Waals surface area contributed by atoms with Gasteiger partial charge in [0, 0.05) is 19.6 Å². The van der Waals surface area contributed by atoms with Crippen molar-refractivity contribution in [1.29, 1.82) is 0 Å². The lowest BCUT2D eigenvalue weighted by molar-refractivity contribution is -0.144. The van der Waals surface area contributed by atoms with Gasteiger partial charge in [-0.2, -0.15) is 0 Å². The number of rotatable bonds is 10. The number of carbonyl (C=O) groups is 1. The summed E-state index contributed by atoms with van der Waals surface area (Å²) in [6.07, 6.45) is 1.82. The second-order valence-electron chi connectivity index (χ2n) is 3.86. The Morgan fingerprint density at radius 1 is 1.18 bits per heavy atom. The Morgan fingerprint density at radius 3 is 2.24 bits per heavy atom. The third kappa shape index (κ3) is 7.94. The van der Waals surface area contributed by atoms with Gasteiger partial charge in [0.05, 0.1) is 13.2 Å². The van der Waals surface area contributed by atoms with Gasteiger partial charge in [-0.1, -0.05) is 19.9 Å². The minimum Gasteiger partial charge on any atom is -0.465 e. The molecule has 0 fully saturated rings. The second kappa shape index (κ2) is 10.3. The SMILES string of the molecule is C=CCN(CCN(CC)CC)CC(=O)OCC. The van der Waals surface area contributed by atoms with E-state index in [9.17, 15) is 4.79 Å². The number of nitrogens with zero attached hydrogens (tertiary/aromatic N) is 2. The van der Waals surface area contributed by atoms with Crippen LogP contribution >= 0.6 is 0 Å². The van der Waals surface area contributed by atoms with Crippen molar-refractivity contribution in [2.24, 2.45) is 0 Å². The van der Waals surface area contributed by atoms with E-state index < -0.39 is 0 Å². The lowest BCUT2D eigenvalue weighted by Gasteiger charge is -2.24. The molecule has 0 amide bonds. The molecule has 100 valence electrons. The van der Waals surface area contributed by atoms with E-state index in [1.54, 1.807) is 0 Å². The first kappa shape index (κ1) is 16.1. The maximum absolute atomic E-state index is 11.4. The summed E-state index contributed by atoms with van der Waals surface area (Å²) in [6.45, 7) is 15.3. The van der Waals surface area contributed by atoms with Gasteiger partial charge in [0.15, 0.2) is 0 Å². The van der Waals surface area contributed by atoms with E-state index in [1.807, 2.05) is 13.0 Å². The van der Waals surface area contributed by atoms with Gasteiger partial charge in [-0.25, -0.2) is 0 Å². The molecule has 0 atom stereocenters. The van der Waals surface area contributed by atoms with E-state index in [0.717, 1.165) is 32.7 Å². The molecule has 0 aliphatic rings. The van der Waals surface area contributed by atoms with Crippen molar-refractivity contribution in [3.05, 3.63) is 12.7 Å². The van der Waals surface area contributed by atoms with Crippen LogP contribution in [0, 0.1) is 0 Å². The van der Waals surface area contributed by atoms with E-state index in [1.165, 1.54) is 0 Å². The lowest BCUT2D eigenvalue weighted by Crippen LogP contribution is -2.38. The van der Waals surface area contributed by atoms with Crippen LogP contribution in [0.5, 0.6) is 0 Å². The second-order valence-corrected chi connectivity index (χ2v) is 3.86. The number of carbonyl (C=O) groups excluding carboxylic acids is 1. The summed E-state index contributed by atoms with van der Waals surface area (Å²) < 4.78 is 4.95. The molecule has 0 N–H and O–H groups in total. The van der Waals surface area contributed by atoms with E-state index in [0.29, 0.717) is 13.2 Å². The Morgan fingerprint density at radius 2 is 1.76 bits per heavy atom. The molecule has 0 bridgehead atoms. The predicted molar refractivity (Wildman–Crippen MR) is 71.1 cm³/mol. The molecule has 4 heteroatoms. The highest BCUT2D eigenvalue weighted by Gasteiger charge is 2.11.